The number of hydrogen-bond acceptors (Lipinski definition) is 7. The minimum Gasteiger partial charge on any atom is -0.493 e. The van der Waals surface area contributed by atoms with Gasteiger partial charge in [-0.25, -0.2) is 19.9 Å². The highest BCUT2D eigenvalue weighted by atomic mass is 16.5. The monoisotopic (exact) mass is 415 g/mol. The number of imidazole rings is 1. The second-order valence-corrected chi connectivity index (χ2v) is 7.71. The van der Waals surface area contributed by atoms with Crippen molar-refractivity contribution in [2.24, 2.45) is 0 Å². The number of ether oxygens (including phenoxy) is 3. The maximum Gasteiger partial charge on any atom is 0.316 e. The molecule has 0 bridgehead atoms. The molecule has 0 saturated carbocycles. The first-order valence-corrected chi connectivity index (χ1v) is 10.4. The maximum atomic E-state index is 6.03. The van der Waals surface area contributed by atoms with E-state index in [9.17, 15) is 0 Å². The molecule has 156 valence electrons. The Labute approximate surface area is 178 Å². The number of pyridine rings is 1. The average Bonchev–Trinajstić information content (AvgIpc) is 3.19. The van der Waals surface area contributed by atoms with Gasteiger partial charge in [0.1, 0.15) is 29.2 Å². The van der Waals surface area contributed by atoms with E-state index >= 15 is 0 Å². The van der Waals surface area contributed by atoms with Crippen LogP contribution in [0.3, 0.4) is 0 Å². The van der Waals surface area contributed by atoms with Crippen molar-refractivity contribution in [2.45, 2.75) is 25.5 Å². The summed E-state index contributed by atoms with van der Waals surface area (Å²) >= 11 is 0. The lowest BCUT2D eigenvalue weighted by molar-refractivity contribution is 0.00399. The van der Waals surface area contributed by atoms with E-state index in [2.05, 4.69) is 20.6 Å². The minimum absolute atomic E-state index is 0.365. The number of hydrogen-bond donors (Lipinski definition) is 0. The van der Waals surface area contributed by atoms with Gasteiger partial charge in [-0.15, -0.1) is 0 Å². The molecule has 8 nitrogen and oxygen atoms in total. The smallest absolute Gasteiger partial charge is 0.316 e. The molecule has 0 saturated heterocycles. The van der Waals surface area contributed by atoms with Gasteiger partial charge in [0.15, 0.2) is 5.65 Å². The zero-order valence-electron chi connectivity index (χ0n) is 17.1. The molecular weight excluding hydrogens is 394 g/mol. The Hall–Kier alpha value is -3.52. The van der Waals surface area contributed by atoms with Crippen LogP contribution in [0.4, 0.5) is 0 Å². The van der Waals surface area contributed by atoms with Gasteiger partial charge in [-0.3, -0.25) is 4.57 Å². The van der Waals surface area contributed by atoms with Gasteiger partial charge in [-0.05, 0) is 25.1 Å². The molecule has 0 N–H and O–H groups in total. The number of benzene rings is 1. The van der Waals surface area contributed by atoms with Gasteiger partial charge in [0.25, 0.3) is 0 Å². The fraction of sp³-hybridized carbons (Fsp3) is 0.304. The Morgan fingerprint density at radius 3 is 2.84 bits per heavy atom. The lowest BCUT2D eigenvalue weighted by Crippen LogP contribution is -2.47. The highest BCUT2D eigenvalue weighted by Gasteiger charge is 2.44. The third kappa shape index (κ3) is 2.79. The van der Waals surface area contributed by atoms with Gasteiger partial charge < -0.3 is 14.2 Å². The quantitative estimate of drug-likeness (QED) is 0.507. The van der Waals surface area contributed by atoms with Crippen LogP contribution in [0.5, 0.6) is 11.8 Å². The summed E-state index contributed by atoms with van der Waals surface area (Å²) in [4.78, 5) is 18.4. The van der Waals surface area contributed by atoms with Crippen molar-refractivity contribution in [2.75, 3.05) is 19.8 Å². The van der Waals surface area contributed by atoms with Crippen molar-refractivity contribution in [3.05, 3.63) is 60.2 Å². The van der Waals surface area contributed by atoms with Crippen molar-refractivity contribution < 1.29 is 14.2 Å². The molecule has 1 aromatic carbocycles. The highest BCUT2D eigenvalue weighted by Crippen LogP contribution is 2.44. The molecule has 2 aliphatic heterocycles. The average molecular weight is 415 g/mol. The fourth-order valence-electron chi connectivity index (χ4n) is 4.56. The third-order valence-electron chi connectivity index (χ3n) is 5.93. The second kappa shape index (κ2) is 7.02. The molecule has 2 aliphatic rings. The van der Waals surface area contributed by atoms with Crippen LogP contribution in [0.2, 0.25) is 0 Å². The Bertz CT molecular complexity index is 1270. The van der Waals surface area contributed by atoms with Crippen molar-refractivity contribution in [3.63, 3.8) is 0 Å². The molecule has 1 spiro atoms. The molecule has 31 heavy (non-hydrogen) atoms. The molecule has 1 unspecified atom stereocenters. The summed E-state index contributed by atoms with van der Waals surface area (Å²) in [5.41, 5.74) is 4.02. The van der Waals surface area contributed by atoms with E-state index < -0.39 is 5.54 Å². The zero-order valence-corrected chi connectivity index (χ0v) is 17.1. The molecule has 6 rings (SSSR count). The lowest BCUT2D eigenvalue weighted by Gasteiger charge is -2.43. The van der Waals surface area contributed by atoms with Crippen LogP contribution in [-0.4, -0.2) is 44.3 Å². The molecule has 3 aromatic heterocycles. The third-order valence-corrected chi connectivity index (χ3v) is 5.93. The standard InChI is InChI=1S/C23H21N5O3/c1-2-30-22-24-11-15(12-25-22)17-7-8-18-21(27-17)28-20(26-18)13-29-14-23(28)9-10-31-19-6-4-3-5-16(19)23/h3-8,11-12H,2,9-10,13-14H2,1H3. The summed E-state index contributed by atoms with van der Waals surface area (Å²) < 4.78 is 19.6. The zero-order chi connectivity index (χ0) is 20.8. The normalized spacial score (nSPS) is 19.6. The van der Waals surface area contributed by atoms with Gasteiger partial charge in [0, 0.05) is 29.9 Å². The van der Waals surface area contributed by atoms with E-state index in [0.29, 0.717) is 32.4 Å². The fourth-order valence-corrected chi connectivity index (χ4v) is 4.56. The second-order valence-electron chi connectivity index (χ2n) is 7.71. The van der Waals surface area contributed by atoms with E-state index in [0.717, 1.165) is 46.0 Å². The summed E-state index contributed by atoms with van der Waals surface area (Å²) in [6.45, 7) is 4.07. The minimum atomic E-state index is -0.391. The van der Waals surface area contributed by atoms with Crippen molar-refractivity contribution in [3.8, 4) is 23.0 Å². The Morgan fingerprint density at radius 1 is 1.10 bits per heavy atom. The van der Waals surface area contributed by atoms with E-state index in [-0.39, 0.29) is 0 Å². The van der Waals surface area contributed by atoms with Gasteiger partial charge in [-0.2, -0.15) is 0 Å². The highest BCUT2D eigenvalue weighted by molar-refractivity contribution is 5.77. The van der Waals surface area contributed by atoms with Crippen LogP contribution in [0, 0.1) is 0 Å². The molecule has 5 heterocycles. The van der Waals surface area contributed by atoms with Gasteiger partial charge in [-0.1, -0.05) is 18.2 Å². The Balaban J connectivity index is 1.52. The predicted molar refractivity (Wildman–Crippen MR) is 113 cm³/mol. The van der Waals surface area contributed by atoms with Crippen molar-refractivity contribution in [1.29, 1.82) is 0 Å². The number of rotatable bonds is 3. The van der Waals surface area contributed by atoms with Crippen LogP contribution in [-0.2, 0) is 16.9 Å². The molecule has 0 radical (unpaired) electrons. The van der Waals surface area contributed by atoms with Crippen LogP contribution >= 0.6 is 0 Å². The molecule has 0 amide bonds. The Morgan fingerprint density at radius 2 is 1.97 bits per heavy atom. The van der Waals surface area contributed by atoms with Gasteiger partial charge in [0.05, 0.1) is 25.5 Å². The molecule has 4 aromatic rings. The summed E-state index contributed by atoms with van der Waals surface area (Å²) in [7, 11) is 0. The summed E-state index contributed by atoms with van der Waals surface area (Å²) in [5.74, 6) is 1.77. The maximum absolute atomic E-state index is 6.03. The molecule has 8 heteroatoms. The van der Waals surface area contributed by atoms with E-state index in [1.807, 2.05) is 37.3 Å². The van der Waals surface area contributed by atoms with Crippen LogP contribution in [0.15, 0.2) is 48.8 Å². The molecular formula is C23H21N5O3. The number of nitrogens with zero attached hydrogens (tertiary/aromatic N) is 5. The number of para-hydroxylation sites is 1. The summed E-state index contributed by atoms with van der Waals surface area (Å²) in [6, 6.07) is 12.5. The van der Waals surface area contributed by atoms with Gasteiger partial charge >= 0.3 is 6.01 Å². The van der Waals surface area contributed by atoms with E-state index in [1.165, 1.54) is 0 Å². The number of fused-ring (bicyclic) bond motifs is 6. The lowest BCUT2D eigenvalue weighted by atomic mass is 9.84. The van der Waals surface area contributed by atoms with Crippen molar-refractivity contribution in [1.82, 2.24) is 24.5 Å². The molecule has 0 fully saturated rings. The topological polar surface area (TPSA) is 84.2 Å². The Kier molecular flexibility index (Phi) is 4.14. The van der Waals surface area contributed by atoms with E-state index in [4.69, 9.17) is 24.2 Å². The first-order chi connectivity index (χ1) is 15.3. The molecule has 0 aliphatic carbocycles. The summed E-state index contributed by atoms with van der Waals surface area (Å²) in [5, 5.41) is 0. The van der Waals surface area contributed by atoms with Crippen LogP contribution in [0.25, 0.3) is 22.4 Å². The SMILES string of the molecule is CCOc1ncc(-c2ccc3nc4n(c3n2)C2(CCOc3ccccc32)COC4)cn1. The van der Waals surface area contributed by atoms with Crippen LogP contribution < -0.4 is 9.47 Å². The van der Waals surface area contributed by atoms with Crippen LogP contribution in [0.1, 0.15) is 24.7 Å². The van der Waals surface area contributed by atoms with Crippen molar-refractivity contribution >= 4 is 11.2 Å². The predicted octanol–water partition coefficient (Wildman–Crippen LogP) is 3.34. The van der Waals surface area contributed by atoms with E-state index in [1.54, 1.807) is 12.4 Å². The molecule has 1 atom stereocenters. The number of aromatic nitrogens is 5. The first-order valence-electron chi connectivity index (χ1n) is 10.4. The first kappa shape index (κ1) is 18.3. The summed E-state index contributed by atoms with van der Waals surface area (Å²) in [6.07, 6.45) is 4.27. The largest absolute Gasteiger partial charge is 0.493 e. The van der Waals surface area contributed by atoms with Gasteiger partial charge in [0.2, 0.25) is 0 Å².